The number of hydrogen-bond acceptors (Lipinski definition) is 5. The number of aliphatic hydroxyl groups is 2. The summed E-state index contributed by atoms with van der Waals surface area (Å²) in [5.41, 5.74) is 0. The summed E-state index contributed by atoms with van der Waals surface area (Å²) in [6.45, 7) is 4.90. The molecule has 0 fully saturated rings. The van der Waals surface area contributed by atoms with Crippen molar-refractivity contribution in [2.24, 2.45) is 0 Å². The Labute approximate surface area is 506 Å². The van der Waals surface area contributed by atoms with Gasteiger partial charge >= 0.3 is 5.97 Å². The normalized spacial score (nSPS) is 12.8. The molecule has 6 nitrogen and oxygen atoms in total. The predicted octanol–water partition coefficient (Wildman–Crippen LogP) is 23.6. The van der Waals surface area contributed by atoms with Crippen LogP contribution in [0.5, 0.6) is 0 Å². The van der Waals surface area contributed by atoms with Crippen molar-refractivity contribution >= 4 is 11.9 Å². The first-order valence-corrected chi connectivity index (χ1v) is 36.4. The van der Waals surface area contributed by atoms with Gasteiger partial charge in [0.05, 0.1) is 25.4 Å². The maximum Gasteiger partial charge on any atom is 0.305 e. The Hall–Kier alpha value is -2.18. The van der Waals surface area contributed by atoms with Crippen molar-refractivity contribution in [2.45, 2.75) is 405 Å². The van der Waals surface area contributed by atoms with Gasteiger partial charge in [0.2, 0.25) is 5.91 Å². The maximum absolute atomic E-state index is 12.5. The molecule has 0 aromatic heterocycles. The molecule has 0 aromatic carbocycles. The fraction of sp³-hybridized carbons (Fsp3) is 0.867. The fourth-order valence-electron chi connectivity index (χ4n) is 11.3. The van der Waals surface area contributed by atoms with Crippen molar-refractivity contribution in [2.75, 3.05) is 13.2 Å². The van der Waals surface area contributed by atoms with Crippen LogP contribution in [0.3, 0.4) is 0 Å². The second-order valence-corrected chi connectivity index (χ2v) is 24.9. The van der Waals surface area contributed by atoms with Crippen molar-refractivity contribution in [3.63, 3.8) is 0 Å². The molecular weight excluding hydrogens is 995 g/mol. The summed E-state index contributed by atoms with van der Waals surface area (Å²) in [4.78, 5) is 24.6. The number of amides is 1. The van der Waals surface area contributed by atoms with Crippen LogP contribution in [0.2, 0.25) is 0 Å². The standard InChI is InChI=1S/C75H141NO5/c1-3-5-7-9-11-13-15-17-19-36-41-45-49-53-57-61-65-69-75(80)81-70-66-62-58-54-50-46-42-38-35-33-31-29-27-25-23-21-22-24-26-28-30-32-34-37-40-44-48-52-56-60-64-68-74(79)76-72(71-77)73(78)67-63-59-55-51-47-43-39-20-18-16-14-12-10-8-6-4-2/h11,13,17,19,23,25,63,67,72-73,77-78H,3-10,12,14-16,18,20-22,24,26-62,64-66,68-71H2,1-2H3,(H,76,79)/b13-11-,19-17-,25-23-,67-63+. The van der Waals surface area contributed by atoms with E-state index < -0.39 is 12.1 Å². The van der Waals surface area contributed by atoms with Crippen LogP contribution < -0.4 is 5.32 Å². The summed E-state index contributed by atoms with van der Waals surface area (Å²) in [7, 11) is 0. The van der Waals surface area contributed by atoms with Crippen molar-refractivity contribution in [1.29, 1.82) is 0 Å². The van der Waals surface area contributed by atoms with E-state index in [0.717, 1.165) is 51.4 Å². The van der Waals surface area contributed by atoms with Crippen LogP contribution in [0.25, 0.3) is 0 Å². The van der Waals surface area contributed by atoms with Gasteiger partial charge < -0.3 is 20.3 Å². The van der Waals surface area contributed by atoms with E-state index >= 15 is 0 Å². The van der Waals surface area contributed by atoms with E-state index in [2.05, 4.69) is 55.6 Å². The van der Waals surface area contributed by atoms with Crippen LogP contribution in [0.4, 0.5) is 0 Å². The molecule has 0 aliphatic carbocycles. The minimum absolute atomic E-state index is 0.00978. The second kappa shape index (κ2) is 70.3. The molecule has 0 aromatic rings. The first kappa shape index (κ1) is 78.8. The summed E-state index contributed by atoms with van der Waals surface area (Å²) in [5.74, 6) is -0.0539. The molecule has 1 amide bonds. The molecular formula is C75H141NO5. The number of esters is 1. The molecule has 0 saturated heterocycles. The van der Waals surface area contributed by atoms with E-state index in [4.69, 9.17) is 4.74 Å². The molecule has 0 rings (SSSR count). The molecule has 6 heteroatoms. The van der Waals surface area contributed by atoms with Crippen molar-refractivity contribution in [3.05, 3.63) is 48.6 Å². The van der Waals surface area contributed by atoms with Gasteiger partial charge in [0.25, 0.3) is 0 Å². The molecule has 0 bridgehead atoms. The number of carbonyl (C=O) groups excluding carboxylic acids is 2. The fourth-order valence-corrected chi connectivity index (χ4v) is 11.3. The molecule has 0 saturated carbocycles. The number of ether oxygens (including phenoxy) is 1. The van der Waals surface area contributed by atoms with Gasteiger partial charge in [-0.3, -0.25) is 9.59 Å². The van der Waals surface area contributed by atoms with Gasteiger partial charge in [0.15, 0.2) is 0 Å². The van der Waals surface area contributed by atoms with E-state index in [-0.39, 0.29) is 18.5 Å². The lowest BCUT2D eigenvalue weighted by Crippen LogP contribution is -2.45. The van der Waals surface area contributed by atoms with E-state index in [1.165, 1.54) is 315 Å². The summed E-state index contributed by atoms with van der Waals surface area (Å²) >= 11 is 0. The van der Waals surface area contributed by atoms with Crippen molar-refractivity contribution < 1.29 is 24.5 Å². The van der Waals surface area contributed by atoms with Gasteiger partial charge in [-0.2, -0.15) is 0 Å². The largest absolute Gasteiger partial charge is 0.466 e. The topological polar surface area (TPSA) is 95.9 Å². The zero-order chi connectivity index (χ0) is 58.5. The monoisotopic (exact) mass is 1140 g/mol. The van der Waals surface area contributed by atoms with E-state index in [0.29, 0.717) is 19.4 Å². The molecule has 3 N–H and O–H groups in total. The van der Waals surface area contributed by atoms with Gasteiger partial charge in [0.1, 0.15) is 0 Å². The Morgan fingerprint density at radius 1 is 0.346 bits per heavy atom. The highest BCUT2D eigenvalue weighted by atomic mass is 16.5. The van der Waals surface area contributed by atoms with Gasteiger partial charge in [-0.25, -0.2) is 0 Å². The molecule has 0 heterocycles. The Balaban J connectivity index is 3.37. The van der Waals surface area contributed by atoms with Crippen LogP contribution in [0.15, 0.2) is 48.6 Å². The number of hydrogen-bond donors (Lipinski definition) is 3. The van der Waals surface area contributed by atoms with Gasteiger partial charge in [-0.15, -0.1) is 0 Å². The lowest BCUT2D eigenvalue weighted by Gasteiger charge is -2.20. The molecule has 2 atom stereocenters. The van der Waals surface area contributed by atoms with Crippen LogP contribution in [0.1, 0.15) is 393 Å². The average molecular weight is 1140 g/mol. The maximum atomic E-state index is 12.5. The number of unbranched alkanes of at least 4 members (excludes halogenated alkanes) is 51. The highest BCUT2D eigenvalue weighted by molar-refractivity contribution is 5.76. The Kier molecular flexibility index (Phi) is 68.4. The first-order chi connectivity index (χ1) is 40.0. The van der Waals surface area contributed by atoms with E-state index in [9.17, 15) is 19.8 Å². The number of nitrogens with one attached hydrogen (secondary N) is 1. The van der Waals surface area contributed by atoms with Crippen LogP contribution in [0, 0.1) is 0 Å². The molecule has 476 valence electrons. The number of rotatable bonds is 68. The third-order valence-electron chi connectivity index (χ3n) is 16.8. The second-order valence-electron chi connectivity index (χ2n) is 24.9. The molecule has 0 aliphatic heterocycles. The number of aliphatic hydroxyl groups excluding tert-OH is 2. The summed E-state index contributed by atoms with van der Waals surface area (Å²) in [6.07, 6.45) is 92.0. The summed E-state index contributed by atoms with van der Waals surface area (Å²) < 4.78 is 5.50. The third kappa shape index (κ3) is 66.8. The summed E-state index contributed by atoms with van der Waals surface area (Å²) in [6, 6.07) is -0.627. The molecule has 0 radical (unpaired) electrons. The van der Waals surface area contributed by atoms with E-state index in [1.807, 2.05) is 6.08 Å². The molecule has 2 unspecified atom stereocenters. The quantitative estimate of drug-likeness (QED) is 0.0320. The molecule has 81 heavy (non-hydrogen) atoms. The van der Waals surface area contributed by atoms with Gasteiger partial charge in [-0.1, -0.05) is 339 Å². The molecule has 0 aliphatic rings. The van der Waals surface area contributed by atoms with Gasteiger partial charge in [-0.05, 0) is 89.9 Å². The molecule has 0 spiro atoms. The highest BCUT2D eigenvalue weighted by Gasteiger charge is 2.18. The number of allylic oxidation sites excluding steroid dienone is 7. The minimum atomic E-state index is -0.844. The lowest BCUT2D eigenvalue weighted by molar-refractivity contribution is -0.143. The predicted molar refractivity (Wildman–Crippen MR) is 356 cm³/mol. The Bertz CT molecular complexity index is 1360. The van der Waals surface area contributed by atoms with Crippen LogP contribution >= 0.6 is 0 Å². The number of carbonyl (C=O) groups is 2. The minimum Gasteiger partial charge on any atom is -0.466 e. The zero-order valence-electron chi connectivity index (χ0n) is 54.5. The van der Waals surface area contributed by atoms with Crippen LogP contribution in [-0.2, 0) is 14.3 Å². The summed E-state index contributed by atoms with van der Waals surface area (Å²) in [5, 5.41) is 23.2. The van der Waals surface area contributed by atoms with Crippen LogP contribution in [-0.4, -0.2) is 47.4 Å². The lowest BCUT2D eigenvalue weighted by atomic mass is 10.0. The first-order valence-electron chi connectivity index (χ1n) is 36.4. The highest BCUT2D eigenvalue weighted by Crippen LogP contribution is 2.18. The zero-order valence-corrected chi connectivity index (χ0v) is 54.5. The van der Waals surface area contributed by atoms with Gasteiger partial charge in [0, 0.05) is 12.8 Å². The van der Waals surface area contributed by atoms with E-state index in [1.54, 1.807) is 6.08 Å². The Morgan fingerprint density at radius 3 is 0.975 bits per heavy atom. The van der Waals surface area contributed by atoms with Crippen molar-refractivity contribution in [3.8, 4) is 0 Å². The SMILES string of the molecule is CCCCC/C=C\C/C=C\CCCCCCCCCC(=O)OCCCCCCCCCCCCCC/C=C\CCCCCCCCCCCCCCCCCC(=O)NC(CO)C(O)/C=C/CCCCCCCCCCCCCCCC. The third-order valence-corrected chi connectivity index (χ3v) is 16.8. The smallest absolute Gasteiger partial charge is 0.305 e. The van der Waals surface area contributed by atoms with Crippen molar-refractivity contribution in [1.82, 2.24) is 5.32 Å². The Morgan fingerprint density at radius 2 is 0.617 bits per heavy atom. The average Bonchev–Trinajstić information content (AvgIpc) is 3.47.